The Bertz CT molecular complexity index is 363. The van der Waals surface area contributed by atoms with Crippen LogP contribution in [0.25, 0.3) is 0 Å². The van der Waals surface area contributed by atoms with Crippen molar-refractivity contribution in [3.8, 4) is 5.75 Å². The summed E-state index contributed by atoms with van der Waals surface area (Å²) in [6, 6.07) is 7.72. The molecule has 1 aromatic carbocycles. The molecule has 0 bridgehead atoms. The molecule has 0 aliphatic carbocycles. The number of hydrogen-bond acceptors (Lipinski definition) is 3. The number of nitrogens with one attached hydrogen (secondary N) is 1. The maximum absolute atomic E-state index is 11.3. The zero-order valence-electron chi connectivity index (χ0n) is 10.5. The lowest BCUT2D eigenvalue weighted by atomic mass is 10.0. The smallest absolute Gasteiger partial charge is 0.281 e. The molecule has 4 heteroatoms. The molecular weight excluding hydrogens is 218 g/mol. The van der Waals surface area contributed by atoms with E-state index in [9.17, 15) is 4.79 Å². The van der Waals surface area contributed by atoms with Gasteiger partial charge in [0.2, 0.25) is 0 Å². The van der Waals surface area contributed by atoms with Crippen molar-refractivity contribution in [3.05, 3.63) is 29.8 Å². The van der Waals surface area contributed by atoms with Crippen LogP contribution in [-0.2, 0) is 9.63 Å². The minimum absolute atomic E-state index is 0.0380. The lowest BCUT2D eigenvalue weighted by Gasteiger charge is -2.13. The van der Waals surface area contributed by atoms with Gasteiger partial charge in [0.05, 0.1) is 6.61 Å². The van der Waals surface area contributed by atoms with Gasteiger partial charge < -0.3 is 4.74 Å². The number of rotatable bonds is 6. The fourth-order valence-corrected chi connectivity index (χ4v) is 1.41. The summed E-state index contributed by atoms with van der Waals surface area (Å²) in [6.45, 7) is 6.37. The van der Waals surface area contributed by atoms with E-state index in [1.807, 2.05) is 24.3 Å². The molecule has 0 aromatic heterocycles. The fourth-order valence-electron chi connectivity index (χ4n) is 1.41. The SMILES string of the molecule is CCONC(=O)COc1ccccc1C(C)C. The van der Waals surface area contributed by atoms with Crippen LogP contribution in [0.5, 0.6) is 5.75 Å². The van der Waals surface area contributed by atoms with Crippen LogP contribution in [0.3, 0.4) is 0 Å². The van der Waals surface area contributed by atoms with Crippen LogP contribution in [0.1, 0.15) is 32.3 Å². The number of carbonyl (C=O) groups excluding carboxylic acids is 1. The molecule has 1 aromatic rings. The Labute approximate surface area is 102 Å². The number of hydrogen-bond donors (Lipinski definition) is 1. The van der Waals surface area contributed by atoms with E-state index >= 15 is 0 Å². The van der Waals surface area contributed by atoms with Crippen LogP contribution in [-0.4, -0.2) is 19.1 Å². The van der Waals surface area contributed by atoms with Crippen molar-refractivity contribution in [1.29, 1.82) is 0 Å². The summed E-state index contributed by atoms with van der Waals surface area (Å²) in [5.74, 6) is 0.820. The standard InChI is InChI=1S/C13H19NO3/c1-4-17-14-13(15)9-16-12-8-6-5-7-11(12)10(2)3/h5-8,10H,4,9H2,1-3H3,(H,14,15). The van der Waals surface area contributed by atoms with Gasteiger partial charge in [-0.15, -0.1) is 0 Å². The van der Waals surface area contributed by atoms with E-state index in [0.29, 0.717) is 12.5 Å². The van der Waals surface area contributed by atoms with Crippen LogP contribution >= 0.6 is 0 Å². The van der Waals surface area contributed by atoms with Crippen molar-refractivity contribution in [1.82, 2.24) is 5.48 Å². The first-order valence-corrected chi connectivity index (χ1v) is 5.77. The molecule has 17 heavy (non-hydrogen) atoms. The summed E-state index contributed by atoms with van der Waals surface area (Å²) in [4.78, 5) is 16.1. The maximum Gasteiger partial charge on any atom is 0.281 e. The Morgan fingerprint density at radius 3 is 2.71 bits per heavy atom. The second-order valence-electron chi connectivity index (χ2n) is 3.94. The van der Waals surface area contributed by atoms with Crippen molar-refractivity contribution >= 4 is 5.91 Å². The predicted molar refractivity (Wildman–Crippen MR) is 65.8 cm³/mol. The summed E-state index contributed by atoms with van der Waals surface area (Å²) >= 11 is 0. The third-order valence-electron chi connectivity index (χ3n) is 2.23. The van der Waals surface area contributed by atoms with E-state index in [1.54, 1.807) is 6.92 Å². The number of hydroxylamine groups is 1. The molecule has 1 rings (SSSR count). The topological polar surface area (TPSA) is 47.6 Å². The average molecular weight is 237 g/mol. The predicted octanol–water partition coefficient (Wildman–Crippen LogP) is 2.26. The maximum atomic E-state index is 11.3. The van der Waals surface area contributed by atoms with Gasteiger partial charge in [-0.05, 0) is 24.5 Å². The molecular formula is C13H19NO3. The van der Waals surface area contributed by atoms with Gasteiger partial charge in [0, 0.05) is 0 Å². The highest BCUT2D eigenvalue weighted by Gasteiger charge is 2.08. The van der Waals surface area contributed by atoms with E-state index < -0.39 is 0 Å². The highest BCUT2D eigenvalue weighted by Crippen LogP contribution is 2.25. The summed E-state index contributed by atoms with van der Waals surface area (Å²) in [7, 11) is 0. The van der Waals surface area contributed by atoms with E-state index in [0.717, 1.165) is 11.3 Å². The van der Waals surface area contributed by atoms with Crippen LogP contribution in [0.4, 0.5) is 0 Å². The Balaban J connectivity index is 2.54. The Morgan fingerprint density at radius 1 is 1.35 bits per heavy atom. The minimum atomic E-state index is -0.287. The molecule has 0 aliphatic heterocycles. The van der Waals surface area contributed by atoms with E-state index in [4.69, 9.17) is 9.57 Å². The fraction of sp³-hybridized carbons (Fsp3) is 0.462. The molecule has 0 spiro atoms. The Kier molecular flexibility index (Phi) is 5.49. The number of carbonyl (C=O) groups is 1. The highest BCUT2D eigenvalue weighted by atomic mass is 16.7. The van der Waals surface area contributed by atoms with Crippen LogP contribution in [0.15, 0.2) is 24.3 Å². The van der Waals surface area contributed by atoms with Gasteiger partial charge in [-0.1, -0.05) is 32.0 Å². The van der Waals surface area contributed by atoms with E-state index in [1.165, 1.54) is 0 Å². The molecule has 0 radical (unpaired) electrons. The van der Waals surface area contributed by atoms with Gasteiger partial charge in [0.25, 0.3) is 5.91 Å². The summed E-state index contributed by atoms with van der Waals surface area (Å²) < 4.78 is 5.47. The highest BCUT2D eigenvalue weighted by molar-refractivity contribution is 5.76. The normalized spacial score (nSPS) is 10.4. The summed E-state index contributed by atoms with van der Waals surface area (Å²) in [5, 5.41) is 0. The molecule has 1 N–H and O–H groups in total. The average Bonchev–Trinajstić information content (AvgIpc) is 2.34. The first-order chi connectivity index (χ1) is 8.15. The van der Waals surface area contributed by atoms with Crippen LogP contribution in [0.2, 0.25) is 0 Å². The molecule has 94 valence electrons. The van der Waals surface area contributed by atoms with Gasteiger partial charge in [0.1, 0.15) is 5.75 Å². The second-order valence-corrected chi connectivity index (χ2v) is 3.94. The van der Waals surface area contributed by atoms with Gasteiger partial charge in [-0.3, -0.25) is 9.63 Å². The molecule has 0 fully saturated rings. The van der Waals surface area contributed by atoms with Crippen molar-refractivity contribution < 1.29 is 14.4 Å². The Morgan fingerprint density at radius 2 is 2.06 bits per heavy atom. The zero-order valence-corrected chi connectivity index (χ0v) is 10.5. The first-order valence-electron chi connectivity index (χ1n) is 5.77. The largest absolute Gasteiger partial charge is 0.483 e. The quantitative estimate of drug-likeness (QED) is 0.772. The molecule has 0 saturated heterocycles. The minimum Gasteiger partial charge on any atom is -0.483 e. The van der Waals surface area contributed by atoms with Gasteiger partial charge >= 0.3 is 0 Å². The lowest BCUT2D eigenvalue weighted by Crippen LogP contribution is -2.29. The monoisotopic (exact) mass is 237 g/mol. The van der Waals surface area contributed by atoms with Crippen LogP contribution in [0, 0.1) is 0 Å². The third-order valence-corrected chi connectivity index (χ3v) is 2.23. The molecule has 4 nitrogen and oxygen atoms in total. The number of para-hydroxylation sites is 1. The Hall–Kier alpha value is -1.55. The summed E-state index contributed by atoms with van der Waals surface area (Å²) in [5.41, 5.74) is 3.38. The zero-order chi connectivity index (χ0) is 12.7. The second kappa shape index (κ2) is 6.91. The lowest BCUT2D eigenvalue weighted by molar-refractivity contribution is -0.135. The van der Waals surface area contributed by atoms with Crippen molar-refractivity contribution in [2.75, 3.05) is 13.2 Å². The molecule has 0 atom stereocenters. The first kappa shape index (κ1) is 13.5. The van der Waals surface area contributed by atoms with Crippen molar-refractivity contribution in [2.45, 2.75) is 26.7 Å². The third kappa shape index (κ3) is 4.44. The summed E-state index contributed by atoms with van der Waals surface area (Å²) in [6.07, 6.45) is 0. The van der Waals surface area contributed by atoms with Gasteiger partial charge in [-0.2, -0.15) is 0 Å². The van der Waals surface area contributed by atoms with Crippen molar-refractivity contribution in [2.24, 2.45) is 0 Å². The molecule has 0 unspecified atom stereocenters. The molecule has 0 saturated carbocycles. The number of benzene rings is 1. The van der Waals surface area contributed by atoms with E-state index in [-0.39, 0.29) is 12.5 Å². The number of amides is 1. The van der Waals surface area contributed by atoms with Gasteiger partial charge in [0.15, 0.2) is 6.61 Å². The molecule has 0 aliphatic rings. The van der Waals surface area contributed by atoms with Crippen molar-refractivity contribution in [3.63, 3.8) is 0 Å². The van der Waals surface area contributed by atoms with Crippen LogP contribution < -0.4 is 10.2 Å². The van der Waals surface area contributed by atoms with E-state index in [2.05, 4.69) is 19.3 Å². The van der Waals surface area contributed by atoms with Gasteiger partial charge in [-0.25, -0.2) is 5.48 Å². The molecule has 0 heterocycles. The molecule has 1 amide bonds. The number of ether oxygens (including phenoxy) is 1.